The number of hydrogen-bond acceptors (Lipinski definition) is 7. The molecule has 3 heterocycles. The van der Waals surface area contributed by atoms with E-state index in [0.29, 0.717) is 5.13 Å². The number of hydrogen-bond donors (Lipinski definition) is 3. The molecule has 0 saturated carbocycles. The highest BCUT2D eigenvalue weighted by Crippen LogP contribution is 2.37. The van der Waals surface area contributed by atoms with Gasteiger partial charge in [-0.05, 0) is 30.7 Å². The Hall–Kier alpha value is -2.96. The van der Waals surface area contributed by atoms with Crippen molar-refractivity contribution in [1.29, 1.82) is 0 Å². The number of amides is 2. The molecule has 0 bridgehead atoms. The lowest BCUT2D eigenvalue weighted by Gasteiger charge is -2.40. The molecule has 182 valence electrons. The first kappa shape index (κ1) is 24.2. The maximum atomic E-state index is 13.8. The van der Waals surface area contributed by atoms with Gasteiger partial charge < -0.3 is 20.0 Å². The maximum Gasteiger partial charge on any atom is 0.419 e. The number of rotatable bonds is 5. The van der Waals surface area contributed by atoms with Gasteiger partial charge in [0.05, 0.1) is 28.5 Å². The highest BCUT2D eigenvalue weighted by molar-refractivity contribution is 7.22. The molecule has 1 aliphatic rings. The number of aromatic nitrogens is 2. The van der Waals surface area contributed by atoms with Gasteiger partial charge in [-0.1, -0.05) is 23.5 Å². The Balaban J connectivity index is 1.47. The van der Waals surface area contributed by atoms with E-state index in [-0.39, 0.29) is 49.5 Å². The van der Waals surface area contributed by atoms with E-state index in [1.54, 1.807) is 11.8 Å². The molecular weight excluding hydrogens is 471 g/mol. The van der Waals surface area contributed by atoms with Gasteiger partial charge >= 0.3 is 12.2 Å². The molecule has 2 aromatic heterocycles. The summed E-state index contributed by atoms with van der Waals surface area (Å²) in [6.07, 6.45) is -4.66. The van der Waals surface area contributed by atoms with Gasteiger partial charge in [0.2, 0.25) is 0 Å². The Morgan fingerprint density at radius 1 is 1.32 bits per heavy atom. The van der Waals surface area contributed by atoms with E-state index < -0.39 is 24.5 Å². The molecule has 1 aromatic carbocycles. The lowest BCUT2D eigenvalue weighted by Crippen LogP contribution is -2.55. The standard InChI is InChI=1S/C22H24F3N5O3S/c1-13-11-29(19-16(22(23,24)25)9-14(10-26-19)8-15(32)12-31)6-7-30(13)21(33)28-20-27-17-4-2-3-5-18(17)34-20/h2-5,9-10,13,15,31-32H,6-8,11-12H2,1H3,(H,27,28,33)/t13-,15+/m0/s1. The first-order valence-electron chi connectivity index (χ1n) is 10.7. The first-order chi connectivity index (χ1) is 16.2. The van der Waals surface area contributed by atoms with Crippen molar-refractivity contribution in [2.24, 2.45) is 0 Å². The average molecular weight is 496 g/mol. The molecule has 8 nitrogen and oxygen atoms in total. The molecule has 0 radical (unpaired) electrons. The molecule has 0 unspecified atom stereocenters. The van der Waals surface area contributed by atoms with Crippen molar-refractivity contribution in [2.75, 3.05) is 36.5 Å². The summed E-state index contributed by atoms with van der Waals surface area (Å²) in [5.74, 6) is -0.215. The molecule has 2 atom stereocenters. The minimum Gasteiger partial charge on any atom is -0.394 e. The van der Waals surface area contributed by atoms with Crippen molar-refractivity contribution in [3.05, 3.63) is 47.7 Å². The number of thiazole rings is 1. The second-order valence-electron chi connectivity index (χ2n) is 8.16. The highest BCUT2D eigenvalue weighted by Gasteiger charge is 2.38. The number of para-hydroxylation sites is 1. The van der Waals surface area contributed by atoms with Gasteiger partial charge in [-0.2, -0.15) is 13.2 Å². The molecule has 1 saturated heterocycles. The molecular formula is C22H24F3N5O3S. The summed E-state index contributed by atoms with van der Waals surface area (Å²) < 4.78 is 42.3. The minimum atomic E-state index is -4.65. The summed E-state index contributed by atoms with van der Waals surface area (Å²) in [6, 6.07) is 7.73. The normalized spacial score (nSPS) is 17.8. The lowest BCUT2D eigenvalue weighted by atomic mass is 10.1. The number of piperazine rings is 1. The lowest BCUT2D eigenvalue weighted by molar-refractivity contribution is -0.137. The number of alkyl halides is 3. The van der Waals surface area contributed by atoms with Crippen LogP contribution < -0.4 is 10.2 Å². The molecule has 0 aliphatic carbocycles. The Morgan fingerprint density at radius 2 is 2.09 bits per heavy atom. The number of halogens is 3. The third-order valence-corrected chi connectivity index (χ3v) is 6.56. The van der Waals surface area contributed by atoms with Gasteiger partial charge in [-0.15, -0.1) is 0 Å². The molecule has 34 heavy (non-hydrogen) atoms. The van der Waals surface area contributed by atoms with E-state index in [9.17, 15) is 23.1 Å². The number of nitrogens with zero attached hydrogens (tertiary/aromatic N) is 4. The number of aliphatic hydroxyl groups excluding tert-OH is 2. The fraction of sp³-hybridized carbons (Fsp3) is 0.409. The third-order valence-electron chi connectivity index (χ3n) is 5.61. The van der Waals surface area contributed by atoms with Crippen molar-refractivity contribution in [3.63, 3.8) is 0 Å². The van der Waals surface area contributed by atoms with Gasteiger partial charge in [-0.25, -0.2) is 14.8 Å². The second kappa shape index (κ2) is 9.72. The first-order valence-corrected chi connectivity index (χ1v) is 11.5. The van der Waals surface area contributed by atoms with E-state index >= 15 is 0 Å². The van der Waals surface area contributed by atoms with E-state index in [1.165, 1.54) is 22.4 Å². The smallest absolute Gasteiger partial charge is 0.394 e. The zero-order valence-electron chi connectivity index (χ0n) is 18.3. The van der Waals surface area contributed by atoms with Gasteiger partial charge in [-0.3, -0.25) is 5.32 Å². The Kier molecular flexibility index (Phi) is 6.91. The predicted octanol–water partition coefficient (Wildman–Crippen LogP) is 3.35. The zero-order valence-corrected chi connectivity index (χ0v) is 19.1. The van der Waals surface area contributed by atoms with E-state index in [1.807, 2.05) is 24.3 Å². The van der Waals surface area contributed by atoms with Crippen molar-refractivity contribution in [2.45, 2.75) is 31.7 Å². The Labute approximate surface area is 197 Å². The van der Waals surface area contributed by atoms with Crippen molar-refractivity contribution in [1.82, 2.24) is 14.9 Å². The zero-order chi connectivity index (χ0) is 24.5. The summed E-state index contributed by atoms with van der Waals surface area (Å²) in [6.45, 7) is 1.76. The quantitative estimate of drug-likeness (QED) is 0.502. The van der Waals surface area contributed by atoms with Crippen molar-refractivity contribution < 1.29 is 28.2 Å². The fourth-order valence-electron chi connectivity index (χ4n) is 3.95. The molecule has 0 spiro atoms. The van der Waals surface area contributed by atoms with Crippen LogP contribution in [-0.4, -0.2) is 69.5 Å². The molecule has 12 heteroatoms. The van der Waals surface area contributed by atoms with Crippen LogP contribution in [0.15, 0.2) is 36.5 Å². The summed E-state index contributed by atoms with van der Waals surface area (Å²) in [5, 5.41) is 21.8. The van der Waals surface area contributed by atoms with E-state index in [0.717, 1.165) is 16.3 Å². The number of carbonyl (C=O) groups is 1. The molecule has 4 rings (SSSR count). The van der Waals surface area contributed by atoms with E-state index in [4.69, 9.17) is 5.11 Å². The largest absolute Gasteiger partial charge is 0.419 e. The van der Waals surface area contributed by atoms with E-state index in [2.05, 4.69) is 15.3 Å². The highest BCUT2D eigenvalue weighted by atomic mass is 32.1. The van der Waals surface area contributed by atoms with Gasteiger partial charge in [0.15, 0.2) is 5.13 Å². The topological polar surface area (TPSA) is 102 Å². The number of aliphatic hydroxyl groups is 2. The number of benzene rings is 1. The molecule has 1 aliphatic heterocycles. The Bertz CT molecular complexity index is 1140. The third kappa shape index (κ3) is 5.24. The van der Waals surface area contributed by atoms with Crippen LogP contribution in [0.2, 0.25) is 0 Å². The van der Waals surface area contributed by atoms with Gasteiger partial charge in [0, 0.05) is 38.3 Å². The number of pyridine rings is 1. The minimum absolute atomic E-state index is 0.136. The molecule has 3 N–H and O–H groups in total. The van der Waals surface area contributed by atoms with Crippen molar-refractivity contribution >= 4 is 38.5 Å². The molecule has 3 aromatic rings. The summed E-state index contributed by atoms with van der Waals surface area (Å²) in [5.41, 5.74) is 0.0515. The van der Waals surface area contributed by atoms with Gasteiger partial charge in [0.25, 0.3) is 0 Å². The molecule has 2 amide bonds. The number of fused-ring (bicyclic) bond motifs is 1. The van der Waals surface area contributed by atoms with Crippen LogP contribution in [0.25, 0.3) is 10.2 Å². The summed E-state index contributed by atoms with van der Waals surface area (Å²) >= 11 is 1.35. The summed E-state index contributed by atoms with van der Waals surface area (Å²) in [7, 11) is 0. The Morgan fingerprint density at radius 3 is 2.76 bits per heavy atom. The van der Waals surface area contributed by atoms with Crippen LogP contribution in [0.1, 0.15) is 18.1 Å². The van der Waals surface area contributed by atoms with Crippen LogP contribution in [0.3, 0.4) is 0 Å². The van der Waals surface area contributed by atoms with Gasteiger partial charge in [0.1, 0.15) is 5.82 Å². The second-order valence-corrected chi connectivity index (χ2v) is 9.19. The monoisotopic (exact) mass is 495 g/mol. The fourth-order valence-corrected chi connectivity index (χ4v) is 4.81. The van der Waals surface area contributed by atoms with Crippen LogP contribution in [-0.2, 0) is 12.6 Å². The van der Waals surface area contributed by atoms with Crippen LogP contribution >= 0.6 is 11.3 Å². The predicted molar refractivity (Wildman–Crippen MR) is 123 cm³/mol. The average Bonchev–Trinajstić information content (AvgIpc) is 3.20. The number of carbonyl (C=O) groups excluding carboxylic acids is 1. The number of anilines is 2. The molecule has 1 fully saturated rings. The number of nitrogens with one attached hydrogen (secondary N) is 1. The van der Waals surface area contributed by atoms with Crippen LogP contribution in [0.5, 0.6) is 0 Å². The maximum absolute atomic E-state index is 13.8. The van der Waals surface area contributed by atoms with Crippen molar-refractivity contribution in [3.8, 4) is 0 Å². The summed E-state index contributed by atoms with van der Waals surface area (Å²) in [4.78, 5) is 24.3. The SMILES string of the molecule is C[C@H]1CN(c2ncc(C[C@@H](O)CO)cc2C(F)(F)F)CCN1C(=O)Nc1nc2ccccc2s1. The number of urea groups is 1. The van der Waals surface area contributed by atoms with Crippen LogP contribution in [0, 0.1) is 0 Å². The van der Waals surface area contributed by atoms with Crippen LogP contribution in [0.4, 0.5) is 28.9 Å².